The van der Waals surface area contributed by atoms with E-state index >= 15 is 0 Å². The van der Waals surface area contributed by atoms with Gasteiger partial charge in [0.2, 0.25) is 0 Å². The van der Waals surface area contributed by atoms with Crippen LogP contribution in [0.2, 0.25) is 0 Å². The van der Waals surface area contributed by atoms with Gasteiger partial charge in [0.15, 0.2) is 0 Å². The van der Waals surface area contributed by atoms with Crippen LogP contribution in [0.25, 0.3) is 6.08 Å². The lowest BCUT2D eigenvalue weighted by atomic mass is 9.93. The maximum Gasteiger partial charge on any atom is 0.135 e. The Morgan fingerprint density at radius 3 is 2.92 bits per heavy atom. The first-order chi connectivity index (χ1) is 12.8. The Morgan fingerprint density at radius 2 is 1.96 bits per heavy atom. The standard InChI is InChI=1S/C23H18N2S/c24-18-14-15-19(17-9-5-4-8-16(17)18)25-20-10-2-1-3-12-22(20)26-23-13-7-6-11-21(23)25/h3-4,6-8,11-15H,5,9-10,24H2/p+1. The van der Waals surface area contributed by atoms with Crippen LogP contribution in [-0.2, 0) is 6.42 Å². The number of rotatable bonds is 1. The van der Waals surface area contributed by atoms with Gasteiger partial charge >= 0.3 is 0 Å². The highest BCUT2D eigenvalue weighted by Gasteiger charge is 2.29. The van der Waals surface area contributed by atoms with Gasteiger partial charge in [-0.1, -0.05) is 47.9 Å². The molecular weight excluding hydrogens is 336 g/mol. The summed E-state index contributed by atoms with van der Waals surface area (Å²) in [7, 11) is 0. The summed E-state index contributed by atoms with van der Waals surface area (Å²) in [6.45, 7) is 0. The largest absolute Gasteiger partial charge is 0.325 e. The zero-order chi connectivity index (χ0) is 17.5. The molecule has 26 heavy (non-hydrogen) atoms. The van der Waals surface area contributed by atoms with Crippen molar-refractivity contribution in [2.75, 3.05) is 4.90 Å². The van der Waals surface area contributed by atoms with Gasteiger partial charge in [-0.05, 0) is 48.8 Å². The molecule has 0 atom stereocenters. The molecule has 0 radical (unpaired) electrons. The van der Waals surface area contributed by atoms with Crippen LogP contribution in [0.5, 0.6) is 0 Å². The van der Waals surface area contributed by atoms with Gasteiger partial charge in [-0.3, -0.25) is 0 Å². The Morgan fingerprint density at radius 1 is 1.04 bits per heavy atom. The number of allylic oxidation sites excluding steroid dienone is 4. The maximum absolute atomic E-state index is 4.24. The topological polar surface area (TPSA) is 30.9 Å². The number of thioether (sulfide) groups is 1. The Bertz CT molecular complexity index is 1060. The fourth-order valence-corrected chi connectivity index (χ4v) is 4.92. The predicted molar refractivity (Wildman–Crippen MR) is 109 cm³/mol. The molecule has 126 valence electrons. The summed E-state index contributed by atoms with van der Waals surface area (Å²) in [5.41, 5.74) is 11.8. The number of para-hydroxylation sites is 1. The first kappa shape index (κ1) is 15.6. The monoisotopic (exact) mass is 355 g/mol. The molecule has 0 unspecified atom stereocenters. The van der Waals surface area contributed by atoms with Gasteiger partial charge in [0.25, 0.3) is 0 Å². The van der Waals surface area contributed by atoms with Crippen molar-refractivity contribution in [3.05, 3.63) is 76.4 Å². The Labute approximate surface area is 158 Å². The number of anilines is 2. The van der Waals surface area contributed by atoms with E-state index in [1.807, 2.05) is 17.8 Å². The summed E-state index contributed by atoms with van der Waals surface area (Å²) >= 11 is 1.84. The second-order valence-corrected chi connectivity index (χ2v) is 7.71. The average molecular weight is 355 g/mol. The van der Waals surface area contributed by atoms with E-state index in [0.29, 0.717) is 0 Å². The van der Waals surface area contributed by atoms with Crippen LogP contribution in [0.15, 0.2) is 70.1 Å². The molecule has 0 saturated carbocycles. The number of nitrogens with zero attached hydrogens (tertiary/aromatic N) is 1. The molecular formula is C23H19N2S+. The quantitative estimate of drug-likeness (QED) is 0.735. The molecule has 2 aromatic carbocycles. The SMILES string of the molecule is [NH3+]c1ccc(N2C3=C(C=CC#CC3)Sc3ccccc32)c2c1C=CCC2. The molecule has 0 saturated heterocycles. The van der Waals surface area contributed by atoms with E-state index in [4.69, 9.17) is 0 Å². The lowest BCUT2D eigenvalue weighted by Crippen LogP contribution is -2.41. The van der Waals surface area contributed by atoms with Crippen LogP contribution in [0.1, 0.15) is 24.0 Å². The minimum atomic E-state index is 0.764. The van der Waals surface area contributed by atoms with Crippen molar-refractivity contribution in [2.45, 2.75) is 24.2 Å². The summed E-state index contributed by atoms with van der Waals surface area (Å²) < 4.78 is 0. The summed E-state index contributed by atoms with van der Waals surface area (Å²) in [5, 5.41) is 0. The second kappa shape index (κ2) is 6.25. The Balaban J connectivity index is 1.78. The van der Waals surface area contributed by atoms with E-state index in [-0.39, 0.29) is 0 Å². The van der Waals surface area contributed by atoms with Crippen molar-refractivity contribution >= 4 is 34.9 Å². The van der Waals surface area contributed by atoms with Crippen molar-refractivity contribution in [2.24, 2.45) is 0 Å². The molecule has 0 fully saturated rings. The Hall–Kier alpha value is -2.67. The molecule has 3 N–H and O–H groups in total. The molecule has 1 heterocycles. The first-order valence-corrected chi connectivity index (χ1v) is 9.74. The van der Waals surface area contributed by atoms with Crippen LogP contribution in [0.4, 0.5) is 17.1 Å². The van der Waals surface area contributed by atoms with Crippen LogP contribution >= 0.6 is 11.8 Å². The van der Waals surface area contributed by atoms with Crippen LogP contribution in [0, 0.1) is 11.8 Å². The summed E-state index contributed by atoms with van der Waals surface area (Å²) in [6.07, 6.45) is 11.5. The zero-order valence-electron chi connectivity index (χ0n) is 14.5. The second-order valence-electron chi connectivity index (χ2n) is 6.62. The fourth-order valence-electron chi connectivity index (χ4n) is 3.85. The molecule has 3 heteroatoms. The number of hydrogen-bond donors (Lipinski definition) is 1. The van der Waals surface area contributed by atoms with Gasteiger partial charge in [0.05, 0.1) is 17.8 Å². The van der Waals surface area contributed by atoms with Crippen LogP contribution in [-0.4, -0.2) is 0 Å². The molecule has 2 aliphatic carbocycles. The van der Waals surface area contributed by atoms with Gasteiger partial charge in [0.1, 0.15) is 5.69 Å². The van der Waals surface area contributed by atoms with Gasteiger partial charge in [-0.15, -0.1) is 0 Å². The van der Waals surface area contributed by atoms with Gasteiger partial charge in [0, 0.05) is 27.1 Å². The molecule has 3 aliphatic rings. The lowest BCUT2D eigenvalue weighted by Gasteiger charge is -2.35. The molecule has 5 rings (SSSR count). The molecule has 0 amide bonds. The first-order valence-electron chi connectivity index (χ1n) is 8.92. The summed E-state index contributed by atoms with van der Waals surface area (Å²) in [6, 6.07) is 13.0. The van der Waals surface area contributed by atoms with Crippen molar-refractivity contribution in [1.29, 1.82) is 0 Å². The van der Waals surface area contributed by atoms with E-state index < -0.39 is 0 Å². The fraction of sp³-hybridized carbons (Fsp3) is 0.130. The normalized spacial score (nSPS) is 17.0. The van der Waals surface area contributed by atoms with Crippen LogP contribution < -0.4 is 10.6 Å². The van der Waals surface area contributed by atoms with Gasteiger partial charge in [-0.2, -0.15) is 0 Å². The highest BCUT2D eigenvalue weighted by molar-refractivity contribution is 8.03. The number of benzene rings is 2. The minimum Gasteiger partial charge on any atom is -0.325 e. The molecule has 0 bridgehead atoms. The smallest absolute Gasteiger partial charge is 0.135 e. The molecule has 0 aromatic heterocycles. The van der Waals surface area contributed by atoms with Gasteiger partial charge < -0.3 is 10.6 Å². The van der Waals surface area contributed by atoms with E-state index in [1.165, 1.54) is 38.0 Å². The molecule has 0 spiro atoms. The maximum atomic E-state index is 4.24. The summed E-state index contributed by atoms with van der Waals surface area (Å²) in [5.74, 6) is 6.43. The highest BCUT2D eigenvalue weighted by Crippen LogP contribution is 2.50. The number of fused-ring (bicyclic) bond motifs is 2. The van der Waals surface area contributed by atoms with Crippen LogP contribution in [0.3, 0.4) is 0 Å². The van der Waals surface area contributed by atoms with E-state index in [9.17, 15) is 0 Å². The van der Waals surface area contributed by atoms with Crippen molar-refractivity contribution in [3.63, 3.8) is 0 Å². The summed E-state index contributed by atoms with van der Waals surface area (Å²) in [4.78, 5) is 5.00. The van der Waals surface area contributed by atoms with E-state index in [2.05, 4.69) is 77.1 Å². The average Bonchev–Trinajstić information content (AvgIpc) is 2.92. The van der Waals surface area contributed by atoms with E-state index in [0.717, 1.165) is 24.9 Å². The number of hydrogen-bond acceptors (Lipinski definition) is 2. The molecule has 1 aliphatic heterocycles. The molecule has 2 nitrogen and oxygen atoms in total. The Kier molecular flexibility index (Phi) is 3.74. The zero-order valence-corrected chi connectivity index (χ0v) is 15.3. The number of quaternary nitrogens is 1. The highest BCUT2D eigenvalue weighted by atomic mass is 32.2. The minimum absolute atomic E-state index is 0.764. The third-order valence-corrected chi connectivity index (χ3v) is 6.22. The third-order valence-electron chi connectivity index (χ3n) is 5.07. The van der Waals surface area contributed by atoms with Crippen molar-refractivity contribution in [3.8, 4) is 11.8 Å². The van der Waals surface area contributed by atoms with Gasteiger partial charge in [-0.25, -0.2) is 0 Å². The molecule has 2 aromatic rings. The van der Waals surface area contributed by atoms with Crippen molar-refractivity contribution < 1.29 is 5.73 Å². The predicted octanol–water partition coefficient (Wildman–Crippen LogP) is 4.94. The third kappa shape index (κ3) is 2.42. The van der Waals surface area contributed by atoms with E-state index in [1.54, 1.807) is 0 Å². The lowest BCUT2D eigenvalue weighted by molar-refractivity contribution is -0.255. The van der Waals surface area contributed by atoms with Crippen molar-refractivity contribution in [1.82, 2.24) is 0 Å².